The molecule has 0 saturated carbocycles. The Morgan fingerprint density at radius 2 is 1.88 bits per heavy atom. The van der Waals surface area contributed by atoms with E-state index in [0.717, 1.165) is 22.0 Å². The lowest BCUT2D eigenvalue weighted by atomic mass is 9.87. The lowest BCUT2D eigenvalue weighted by Crippen LogP contribution is -2.15. The molecular weight excluding hydrogens is 364 g/mol. The van der Waals surface area contributed by atoms with Gasteiger partial charge >= 0.3 is 0 Å². The van der Waals surface area contributed by atoms with E-state index in [1.54, 1.807) is 0 Å². The number of amides is 1. The lowest BCUT2D eigenvalue weighted by molar-refractivity contribution is -0.115. The first-order valence-electron chi connectivity index (χ1n) is 8.42. The van der Waals surface area contributed by atoms with Crippen LogP contribution in [0.3, 0.4) is 0 Å². The van der Waals surface area contributed by atoms with Gasteiger partial charge in [0.25, 0.3) is 0 Å². The molecule has 3 nitrogen and oxygen atoms in total. The Labute approximate surface area is 163 Å². The average Bonchev–Trinajstić information content (AvgIpc) is 3.03. The van der Waals surface area contributed by atoms with E-state index in [1.807, 2.05) is 41.8 Å². The zero-order chi connectivity index (χ0) is 18.7. The molecule has 0 fully saturated rings. The van der Waals surface area contributed by atoms with Gasteiger partial charge in [0.1, 0.15) is 5.01 Å². The molecule has 0 spiro atoms. The molecule has 1 aromatic heterocycles. The van der Waals surface area contributed by atoms with Gasteiger partial charge in [-0.2, -0.15) is 0 Å². The first-order chi connectivity index (χ1) is 12.3. The summed E-state index contributed by atoms with van der Waals surface area (Å²) in [6.07, 6.45) is 0.248. The highest BCUT2D eigenvalue weighted by molar-refractivity contribution is 7.13. The Kier molecular flexibility index (Phi) is 5.44. The molecule has 3 aromatic rings. The Bertz CT molecular complexity index is 910. The van der Waals surface area contributed by atoms with Crippen molar-refractivity contribution in [2.24, 2.45) is 0 Å². The average molecular weight is 385 g/mol. The van der Waals surface area contributed by atoms with Crippen molar-refractivity contribution in [2.75, 3.05) is 5.32 Å². The van der Waals surface area contributed by atoms with E-state index in [2.05, 4.69) is 43.2 Å². The van der Waals surface area contributed by atoms with Crippen LogP contribution in [-0.2, 0) is 16.6 Å². The van der Waals surface area contributed by atoms with Gasteiger partial charge in [0.2, 0.25) is 5.91 Å². The number of aromatic nitrogens is 1. The molecule has 0 bridgehead atoms. The minimum Gasteiger partial charge on any atom is -0.326 e. The predicted molar refractivity (Wildman–Crippen MR) is 110 cm³/mol. The first kappa shape index (κ1) is 18.6. The highest BCUT2D eigenvalue weighted by Gasteiger charge is 2.14. The fourth-order valence-corrected chi connectivity index (χ4v) is 3.57. The zero-order valence-corrected chi connectivity index (χ0v) is 16.6. The summed E-state index contributed by atoms with van der Waals surface area (Å²) in [5.74, 6) is -0.0727. The molecule has 0 aliphatic carbocycles. The van der Waals surface area contributed by atoms with E-state index in [1.165, 1.54) is 16.9 Å². The van der Waals surface area contributed by atoms with Crippen LogP contribution >= 0.6 is 22.9 Å². The minimum absolute atomic E-state index is 0.0727. The van der Waals surface area contributed by atoms with Crippen molar-refractivity contribution in [3.8, 4) is 10.6 Å². The number of nitrogens with one attached hydrogen (secondary N) is 1. The van der Waals surface area contributed by atoms with Crippen molar-refractivity contribution < 1.29 is 4.79 Å². The Hall–Kier alpha value is -2.17. The summed E-state index contributed by atoms with van der Waals surface area (Å²) < 4.78 is 0. The zero-order valence-electron chi connectivity index (χ0n) is 15.0. The van der Waals surface area contributed by atoms with Crippen LogP contribution < -0.4 is 5.32 Å². The summed E-state index contributed by atoms with van der Waals surface area (Å²) in [4.78, 5) is 16.8. The quantitative estimate of drug-likeness (QED) is 0.604. The highest BCUT2D eigenvalue weighted by Crippen LogP contribution is 2.26. The molecule has 0 radical (unpaired) electrons. The highest BCUT2D eigenvalue weighted by atomic mass is 35.5. The van der Waals surface area contributed by atoms with E-state index in [0.29, 0.717) is 5.02 Å². The van der Waals surface area contributed by atoms with Gasteiger partial charge in [0, 0.05) is 21.7 Å². The van der Waals surface area contributed by atoms with E-state index in [-0.39, 0.29) is 17.7 Å². The maximum Gasteiger partial charge on any atom is 0.230 e. The van der Waals surface area contributed by atoms with Gasteiger partial charge in [-0.05, 0) is 35.2 Å². The number of rotatable bonds is 4. The normalized spacial score (nSPS) is 11.4. The molecule has 134 valence electrons. The van der Waals surface area contributed by atoms with Gasteiger partial charge in [0.05, 0.1) is 12.1 Å². The maximum absolute atomic E-state index is 12.3. The van der Waals surface area contributed by atoms with Crippen LogP contribution in [-0.4, -0.2) is 10.9 Å². The number of carbonyl (C=O) groups is 1. The second-order valence-electron chi connectivity index (χ2n) is 7.21. The molecule has 0 saturated heterocycles. The maximum atomic E-state index is 12.3. The predicted octanol–water partition coefficient (Wildman–Crippen LogP) is 5.94. The molecule has 26 heavy (non-hydrogen) atoms. The standard InChI is InChI=1S/C21H21ClN2OS/c1-21(2,3)15-7-9-17(10-8-15)23-19(25)12-18-13-26-20(24-18)14-5-4-6-16(22)11-14/h4-11,13H,12H2,1-3H3,(H,23,25). The molecule has 1 N–H and O–H groups in total. The Morgan fingerprint density at radius 1 is 1.15 bits per heavy atom. The molecule has 1 amide bonds. The molecule has 0 aliphatic rings. The summed E-state index contributed by atoms with van der Waals surface area (Å²) >= 11 is 7.54. The van der Waals surface area contributed by atoms with Crippen molar-refractivity contribution in [3.05, 3.63) is 70.2 Å². The Balaban J connectivity index is 1.64. The largest absolute Gasteiger partial charge is 0.326 e. The molecule has 0 atom stereocenters. The third-order valence-corrected chi connectivity index (χ3v) is 5.17. The molecule has 0 unspecified atom stereocenters. The van der Waals surface area contributed by atoms with E-state index in [4.69, 9.17) is 11.6 Å². The van der Waals surface area contributed by atoms with E-state index >= 15 is 0 Å². The van der Waals surface area contributed by atoms with Crippen molar-refractivity contribution >= 4 is 34.5 Å². The molecule has 3 rings (SSSR count). The van der Waals surface area contributed by atoms with Crippen LogP contribution in [0.5, 0.6) is 0 Å². The number of nitrogens with zero attached hydrogens (tertiary/aromatic N) is 1. The third-order valence-electron chi connectivity index (χ3n) is 4.00. The van der Waals surface area contributed by atoms with Crippen molar-refractivity contribution in [1.82, 2.24) is 4.98 Å². The summed E-state index contributed by atoms with van der Waals surface area (Å²) in [5.41, 5.74) is 3.86. The summed E-state index contributed by atoms with van der Waals surface area (Å²) in [7, 11) is 0. The van der Waals surface area contributed by atoms with Crippen LogP contribution in [0, 0.1) is 0 Å². The molecule has 2 aromatic carbocycles. The topological polar surface area (TPSA) is 42.0 Å². The number of thiazole rings is 1. The number of hydrogen-bond acceptors (Lipinski definition) is 3. The van der Waals surface area contributed by atoms with Crippen LogP contribution in [0.15, 0.2) is 53.9 Å². The van der Waals surface area contributed by atoms with Crippen LogP contribution in [0.1, 0.15) is 32.0 Å². The van der Waals surface area contributed by atoms with E-state index < -0.39 is 0 Å². The number of benzene rings is 2. The number of hydrogen-bond donors (Lipinski definition) is 1. The van der Waals surface area contributed by atoms with Gasteiger partial charge in [0.15, 0.2) is 0 Å². The smallest absolute Gasteiger partial charge is 0.230 e. The Morgan fingerprint density at radius 3 is 2.54 bits per heavy atom. The number of anilines is 1. The fraction of sp³-hybridized carbons (Fsp3) is 0.238. The minimum atomic E-state index is -0.0727. The van der Waals surface area contributed by atoms with Crippen molar-refractivity contribution in [1.29, 1.82) is 0 Å². The summed E-state index contributed by atoms with van der Waals surface area (Å²) in [5, 5.41) is 6.39. The van der Waals surface area contributed by atoms with Gasteiger partial charge in [-0.3, -0.25) is 4.79 Å². The van der Waals surface area contributed by atoms with Gasteiger partial charge < -0.3 is 5.32 Å². The van der Waals surface area contributed by atoms with Gasteiger partial charge in [-0.1, -0.05) is 56.6 Å². The SMILES string of the molecule is CC(C)(C)c1ccc(NC(=O)Cc2csc(-c3cccc(Cl)c3)n2)cc1. The number of carbonyl (C=O) groups excluding carboxylic acids is 1. The molecule has 1 heterocycles. The first-order valence-corrected chi connectivity index (χ1v) is 9.68. The van der Waals surface area contributed by atoms with Gasteiger partial charge in [-0.15, -0.1) is 11.3 Å². The van der Waals surface area contributed by atoms with E-state index in [9.17, 15) is 4.79 Å². The van der Waals surface area contributed by atoms with Gasteiger partial charge in [-0.25, -0.2) is 4.98 Å². The second kappa shape index (κ2) is 7.60. The molecule has 5 heteroatoms. The summed E-state index contributed by atoms with van der Waals surface area (Å²) in [6, 6.07) is 15.6. The third kappa shape index (κ3) is 4.71. The molecular formula is C21H21ClN2OS. The summed E-state index contributed by atoms with van der Waals surface area (Å²) in [6.45, 7) is 6.50. The van der Waals surface area contributed by atoms with Crippen LogP contribution in [0.25, 0.3) is 10.6 Å². The van der Waals surface area contributed by atoms with Crippen molar-refractivity contribution in [3.63, 3.8) is 0 Å². The molecule has 0 aliphatic heterocycles. The monoisotopic (exact) mass is 384 g/mol. The van der Waals surface area contributed by atoms with Crippen molar-refractivity contribution in [2.45, 2.75) is 32.6 Å². The van der Waals surface area contributed by atoms with Crippen LogP contribution in [0.2, 0.25) is 5.02 Å². The lowest BCUT2D eigenvalue weighted by Gasteiger charge is -2.19. The fourth-order valence-electron chi connectivity index (χ4n) is 2.57. The second-order valence-corrected chi connectivity index (χ2v) is 8.50. The van der Waals surface area contributed by atoms with Crippen LogP contribution in [0.4, 0.5) is 5.69 Å². The number of halogens is 1.